The summed E-state index contributed by atoms with van der Waals surface area (Å²) in [5.74, 6) is -21.7. The van der Waals surface area contributed by atoms with E-state index < -0.39 is 233 Å². The molecular weight excluding hydrogens is 1730 g/mol. The van der Waals surface area contributed by atoms with Gasteiger partial charge < -0.3 is 84.9 Å². The predicted octanol–water partition coefficient (Wildman–Crippen LogP) is 4.33. The third kappa shape index (κ3) is 35.1. The number of carbonyl (C=O) groups excluding carboxylic acids is 17. The van der Waals surface area contributed by atoms with Gasteiger partial charge in [0.2, 0.25) is 88.1 Å². The first-order valence-electron chi connectivity index (χ1n) is 46.5. The average molecular weight is 1870 g/mol. The summed E-state index contributed by atoms with van der Waals surface area (Å²) in [6.45, 7) is 17.5. The first kappa shape index (κ1) is 111. The zero-order valence-corrected chi connectivity index (χ0v) is 79.0. The Morgan fingerprint density at radius 2 is 1.24 bits per heavy atom. The van der Waals surface area contributed by atoms with Crippen molar-refractivity contribution in [3.8, 4) is 0 Å². The molecule has 6 rings (SSSR count). The number of hydrogen-bond donors (Lipinski definition) is 18. The third-order valence-corrected chi connectivity index (χ3v) is 25.0. The highest BCUT2D eigenvalue weighted by Crippen LogP contribution is 2.34. The number of primary amides is 2. The van der Waals surface area contributed by atoms with Gasteiger partial charge in [0.1, 0.15) is 35.2 Å². The SMILES string of the molecule is CCC(C)[C@H](NNC(C)C(=O)C(=O)C(C)NC(=O)[C@]1(C)CCC/C=C/CCCCCC[C@@](C)(NC(=O)[C@H](Cc2ccccc2)NC(=O)[C@@H](NC(=O)[C@H](CC(C)C)NC(C)=O)[C@@H](C)O)C(=O)N[C@@H](CCC(=O)O)C(=O)N[C@@H](Cc2ccc(C(=O)O)cc2)C(=O)C[C@@H](Cc2c[nH]c3ccccc23)C(=O)NC(C)C(=O)C(=O)[C@H](CCC(N)=O)NC[C@@H](CC2CCC2)C(=O)N1)C(=O)C[C@H](C)C(N)=O. The van der Waals surface area contributed by atoms with Gasteiger partial charge in [0.05, 0.1) is 53.8 Å². The molecule has 134 heavy (non-hydrogen) atoms. The number of aromatic amines is 1. The number of carbonyl (C=O) groups is 19. The number of ketones is 6. The molecule has 0 radical (unpaired) electrons. The molecule has 37 heteroatoms. The lowest BCUT2D eigenvalue weighted by molar-refractivity contribution is -0.141. The number of para-hydroxylation sites is 1. The monoisotopic (exact) mass is 1870 g/mol. The minimum absolute atomic E-state index is 0.0153. The number of carboxylic acids is 2. The molecule has 3 aromatic carbocycles. The van der Waals surface area contributed by atoms with E-state index in [9.17, 15) is 72.9 Å². The highest BCUT2D eigenvalue weighted by molar-refractivity contribution is 6.41. The minimum Gasteiger partial charge on any atom is -0.481 e. The van der Waals surface area contributed by atoms with Crippen LogP contribution in [0.4, 0.5) is 0 Å². The van der Waals surface area contributed by atoms with Crippen molar-refractivity contribution in [2.45, 2.75) is 315 Å². The van der Waals surface area contributed by atoms with Crippen molar-refractivity contribution in [2.24, 2.45) is 47.0 Å². The van der Waals surface area contributed by atoms with Gasteiger partial charge in [-0.2, -0.15) is 0 Å². The fourth-order valence-electron chi connectivity index (χ4n) is 16.2. The number of nitrogens with two attached hydrogens (primary N) is 2. The molecule has 1 fully saturated rings. The second-order valence-corrected chi connectivity index (χ2v) is 36.9. The van der Waals surface area contributed by atoms with Gasteiger partial charge in [0.15, 0.2) is 11.6 Å². The van der Waals surface area contributed by atoms with Crippen molar-refractivity contribution in [2.75, 3.05) is 6.54 Å². The van der Waals surface area contributed by atoms with Crippen LogP contribution in [0.2, 0.25) is 0 Å². The number of aliphatic hydroxyl groups is 1. The fraction of sp³-hybridized carbons (Fsp3) is 0.577. The number of nitrogens with one attached hydrogen (secondary N) is 13. The van der Waals surface area contributed by atoms with Crippen molar-refractivity contribution in [3.63, 3.8) is 0 Å². The van der Waals surface area contributed by atoms with E-state index in [1.54, 1.807) is 81.6 Å². The molecule has 2 aliphatic rings. The van der Waals surface area contributed by atoms with E-state index >= 15 is 33.6 Å². The number of amides is 11. The molecule has 11 amide bonds. The summed E-state index contributed by atoms with van der Waals surface area (Å²) < 4.78 is 0. The lowest BCUT2D eigenvalue weighted by Crippen LogP contribution is -2.65. The fourth-order valence-corrected chi connectivity index (χ4v) is 16.2. The van der Waals surface area contributed by atoms with Crippen molar-refractivity contribution < 1.29 is 106 Å². The molecule has 2 heterocycles. The predicted molar refractivity (Wildman–Crippen MR) is 497 cm³/mol. The maximum Gasteiger partial charge on any atom is 0.335 e. The van der Waals surface area contributed by atoms with Gasteiger partial charge in [-0.05, 0) is 171 Å². The highest BCUT2D eigenvalue weighted by atomic mass is 16.4. The Morgan fingerprint density at radius 3 is 1.85 bits per heavy atom. The Morgan fingerprint density at radius 1 is 0.597 bits per heavy atom. The van der Waals surface area contributed by atoms with Crippen LogP contribution in [0.15, 0.2) is 97.2 Å². The molecule has 1 saturated carbocycles. The molecule has 1 aliphatic carbocycles. The van der Waals surface area contributed by atoms with Gasteiger partial charge >= 0.3 is 11.9 Å². The highest BCUT2D eigenvalue weighted by Gasteiger charge is 2.45. The average Bonchev–Trinajstić information content (AvgIpc) is 1.77. The quantitative estimate of drug-likeness (QED) is 0.0168. The minimum atomic E-state index is -2.08. The molecule has 17 atom stereocenters. The van der Waals surface area contributed by atoms with Crippen molar-refractivity contribution in [3.05, 3.63) is 119 Å². The molecule has 1 aromatic heterocycles. The van der Waals surface area contributed by atoms with Gasteiger partial charge in [-0.3, -0.25) is 86.3 Å². The van der Waals surface area contributed by atoms with Crippen molar-refractivity contribution in [1.82, 2.24) is 69.0 Å². The topological polar surface area (TPSA) is 597 Å². The molecule has 1 aliphatic heterocycles. The maximum atomic E-state index is 15.6. The number of allylic oxidation sites excluding steroid dienone is 2. The number of rotatable bonds is 39. The van der Waals surface area contributed by atoms with Crippen LogP contribution in [0.1, 0.15) is 245 Å². The maximum absolute atomic E-state index is 15.6. The zero-order chi connectivity index (χ0) is 99.4. The summed E-state index contributed by atoms with van der Waals surface area (Å²) in [6.07, 6.45) is 5.16. The molecule has 4 unspecified atom stereocenters. The summed E-state index contributed by atoms with van der Waals surface area (Å²) in [6, 6.07) is 5.66. The van der Waals surface area contributed by atoms with Crippen molar-refractivity contribution in [1.29, 1.82) is 0 Å². The summed E-state index contributed by atoms with van der Waals surface area (Å²) in [4.78, 5) is 272. The van der Waals surface area contributed by atoms with Crippen LogP contribution in [0.3, 0.4) is 0 Å². The van der Waals surface area contributed by atoms with Gasteiger partial charge in [-0.15, -0.1) is 0 Å². The molecule has 0 spiro atoms. The van der Waals surface area contributed by atoms with E-state index in [2.05, 4.69) is 69.0 Å². The number of Topliss-reactive ketones (excluding diaryl/α,β-unsaturated/α-hetero) is 6. The van der Waals surface area contributed by atoms with E-state index in [1.807, 2.05) is 19.1 Å². The third-order valence-electron chi connectivity index (χ3n) is 25.0. The van der Waals surface area contributed by atoms with E-state index in [0.29, 0.717) is 73.4 Å². The number of hydrazine groups is 1. The first-order valence-corrected chi connectivity index (χ1v) is 46.5. The van der Waals surface area contributed by atoms with Crippen LogP contribution in [-0.2, 0) is 106 Å². The number of aliphatic hydroxyl groups excluding tert-OH is 1. The largest absolute Gasteiger partial charge is 0.481 e. The number of aromatic carboxylic acids is 1. The van der Waals surface area contributed by atoms with E-state index in [0.717, 1.165) is 6.42 Å². The summed E-state index contributed by atoms with van der Waals surface area (Å²) in [5, 5.41) is 59.0. The van der Waals surface area contributed by atoms with Crippen LogP contribution in [0.25, 0.3) is 10.9 Å². The smallest absolute Gasteiger partial charge is 0.335 e. The Balaban J connectivity index is 1.44. The van der Waals surface area contributed by atoms with Crippen LogP contribution in [0.5, 0.6) is 0 Å². The molecule has 0 saturated heterocycles. The molecule has 20 N–H and O–H groups in total. The standard InChI is InChI=1S/C97H139N15O22/c1-13-55(4)80(77(116)46-56(5)86(99)124)112-111-59(8)84(122)82(120)58(7)103-94(133)96(11)43-26-19-17-15-14-16-18-20-27-44-97(12,110-91(129)75(49-63-29-22-21-23-30-63)106-92(130)81(60(9)113)108-90(128)74(45-54(2)3)104-61(10)114)95(134)107-72(40-42-79(118)119)89(127)105-73(48-64-35-37-65(38-36-64)93(131)132)76(115)51-66(50-67-52-100-70-34-25-24-33-69(67)70)87(125)102-57(6)83(121)85(123)71(39-41-78(98)117)101-53-68(88(126)109-96)47-62-31-28-32-62/h15,17,21-25,29-30,33-38,52,54-60,62,66,68,71-75,80-81,100-101,111-113H,13-14,16,18-20,26-28,31-32,39-51,53H2,1-12H3,(H2,98,117)(H2,99,124)(H,102,125)(H,103,133)(H,104,114)(H,105,127)(H,106,130)(H,107,134)(H,108,128)(H,109,126)(H,110,129)(H,118,119)(H,131,132)/b17-15+/t55?,56-,57?,58?,59?,60+,66+,68+,71-,72-,73-,74-,75-,80-,81-,96-,97+/m0/s1. The zero-order valence-electron chi connectivity index (χ0n) is 79.0. The number of benzene rings is 3. The number of carboxylic acid groups (broad SMARTS) is 2. The van der Waals surface area contributed by atoms with Gasteiger partial charge in [-0.1, -0.05) is 152 Å². The Labute approximate surface area is 782 Å². The number of H-pyrrole nitrogens is 1. The van der Waals surface area contributed by atoms with Crippen molar-refractivity contribution >= 4 is 123 Å². The second-order valence-electron chi connectivity index (χ2n) is 36.9. The van der Waals surface area contributed by atoms with E-state index in [-0.39, 0.29) is 105 Å². The van der Waals surface area contributed by atoms with E-state index in [1.165, 1.54) is 79.7 Å². The van der Waals surface area contributed by atoms with Gasteiger partial charge in [-0.25, -0.2) is 15.6 Å². The number of aliphatic carboxylic acids is 1. The Kier molecular flexibility index (Phi) is 44.4. The van der Waals surface area contributed by atoms with Gasteiger partial charge in [0, 0.05) is 74.5 Å². The summed E-state index contributed by atoms with van der Waals surface area (Å²) >= 11 is 0. The van der Waals surface area contributed by atoms with Crippen LogP contribution in [0, 0.1) is 35.5 Å². The molecule has 37 nitrogen and oxygen atoms in total. The number of aromatic nitrogens is 1. The van der Waals surface area contributed by atoms with Crippen LogP contribution < -0.4 is 75.5 Å². The molecular formula is C97H139N15O22. The second kappa shape index (κ2) is 53.7. The number of fused-ring (bicyclic) bond motifs is 1. The summed E-state index contributed by atoms with van der Waals surface area (Å²) in [5.41, 5.74) is 14.5. The molecule has 734 valence electrons. The lowest BCUT2D eigenvalue weighted by atomic mass is 9.78. The number of hydrogen-bond acceptors (Lipinski definition) is 23. The first-order chi connectivity index (χ1) is 63.2. The molecule has 4 aromatic rings. The van der Waals surface area contributed by atoms with Crippen LogP contribution >= 0.6 is 0 Å². The normalized spacial score (nSPS) is 22.9. The van der Waals surface area contributed by atoms with Crippen LogP contribution in [-0.4, -0.2) is 216 Å². The molecule has 0 bridgehead atoms. The lowest BCUT2D eigenvalue weighted by Gasteiger charge is -2.35. The van der Waals surface area contributed by atoms with E-state index in [4.69, 9.17) is 11.5 Å². The Bertz CT molecular complexity index is 4820. The van der Waals surface area contributed by atoms with Gasteiger partial charge in [0.25, 0.3) is 0 Å². The Hall–Kier alpha value is -12.1. The summed E-state index contributed by atoms with van der Waals surface area (Å²) in [7, 11) is 0.